The van der Waals surface area contributed by atoms with Gasteiger partial charge in [0.1, 0.15) is 11.4 Å². The van der Waals surface area contributed by atoms with Crippen LogP contribution in [0.1, 0.15) is 67.6 Å². The summed E-state index contributed by atoms with van der Waals surface area (Å²) in [7, 11) is 1.47. The molecule has 42 heavy (non-hydrogen) atoms. The smallest absolute Gasteiger partial charge is 0.338 e. The highest BCUT2D eigenvalue weighted by Crippen LogP contribution is 2.34. The molecule has 4 rings (SSSR count). The van der Waals surface area contributed by atoms with Gasteiger partial charge in [0.2, 0.25) is 0 Å². The Kier molecular flexibility index (Phi) is 9.87. The van der Waals surface area contributed by atoms with E-state index < -0.39 is 23.2 Å². The van der Waals surface area contributed by atoms with Crippen LogP contribution in [-0.2, 0) is 20.7 Å². The molecule has 2 atom stereocenters. The minimum absolute atomic E-state index is 0.0657. The zero-order valence-corrected chi connectivity index (χ0v) is 25.1. The number of benzene rings is 2. The molecular weight excluding hydrogens is 556 g/mol. The van der Waals surface area contributed by atoms with Gasteiger partial charge >= 0.3 is 5.97 Å². The molecule has 1 fully saturated rings. The molecule has 0 radical (unpaired) electrons. The molecule has 3 aromatic rings. The lowest BCUT2D eigenvalue weighted by molar-refractivity contribution is -0.122. The van der Waals surface area contributed by atoms with Crippen molar-refractivity contribution >= 4 is 23.4 Å². The standard InChI is InChI=1S/C33H35ClN2O6/c1-33(2,3)42-32(39)23-9-7-21(8-10-23)15-29(37)28(14-22-6-5-13-41-20-22)36-19-30(40-4)27(17-31(36)38)26-16-25(34)12-11-24(26)18-35/h7-12,16-17,19,22,28H,5-6,13-15,20H2,1-4H3. The van der Waals surface area contributed by atoms with Gasteiger partial charge in [0.25, 0.3) is 5.56 Å². The molecule has 0 N–H and O–H groups in total. The molecule has 0 saturated carbocycles. The second-order valence-corrected chi connectivity index (χ2v) is 11.9. The number of ether oxygens (including phenoxy) is 3. The summed E-state index contributed by atoms with van der Waals surface area (Å²) in [5.41, 5.74) is 1.33. The summed E-state index contributed by atoms with van der Waals surface area (Å²) < 4.78 is 18.2. The van der Waals surface area contributed by atoms with Crippen molar-refractivity contribution in [3.05, 3.63) is 86.8 Å². The van der Waals surface area contributed by atoms with Crippen LogP contribution in [0, 0.1) is 17.2 Å². The van der Waals surface area contributed by atoms with Crippen molar-refractivity contribution in [2.24, 2.45) is 5.92 Å². The van der Waals surface area contributed by atoms with Gasteiger partial charge in [-0.05, 0) is 81.8 Å². The van der Waals surface area contributed by atoms with E-state index in [0.717, 1.165) is 12.8 Å². The number of Topliss-reactive ketones (excluding diaryl/α,β-unsaturated/α-hetero) is 1. The van der Waals surface area contributed by atoms with Crippen molar-refractivity contribution in [3.63, 3.8) is 0 Å². The molecule has 220 valence electrons. The predicted molar refractivity (Wildman–Crippen MR) is 160 cm³/mol. The third-order valence-electron chi connectivity index (χ3n) is 7.14. The molecule has 0 spiro atoms. The molecule has 1 aliphatic rings. The number of carbonyl (C=O) groups excluding carboxylic acids is 2. The van der Waals surface area contributed by atoms with Gasteiger partial charge in [-0.1, -0.05) is 23.7 Å². The zero-order chi connectivity index (χ0) is 30.4. The van der Waals surface area contributed by atoms with E-state index in [-0.39, 0.29) is 18.1 Å². The fraction of sp³-hybridized carbons (Fsp3) is 0.394. The van der Waals surface area contributed by atoms with Crippen LogP contribution in [0.3, 0.4) is 0 Å². The Morgan fingerprint density at radius 1 is 1.14 bits per heavy atom. The minimum atomic E-state index is -0.771. The van der Waals surface area contributed by atoms with Crippen molar-refractivity contribution in [2.45, 2.75) is 58.1 Å². The molecular formula is C33H35ClN2O6. The second-order valence-electron chi connectivity index (χ2n) is 11.5. The normalized spacial score (nSPS) is 15.9. The average molecular weight is 591 g/mol. The Hall–Kier alpha value is -3.93. The molecule has 2 heterocycles. The Morgan fingerprint density at radius 3 is 2.50 bits per heavy atom. The summed E-state index contributed by atoms with van der Waals surface area (Å²) in [6.45, 7) is 6.61. The van der Waals surface area contributed by atoms with E-state index in [1.54, 1.807) is 63.2 Å². The first-order valence-electron chi connectivity index (χ1n) is 13.9. The first kappa shape index (κ1) is 31.0. The number of nitrogens with zero attached hydrogens (tertiary/aromatic N) is 2. The largest absolute Gasteiger partial charge is 0.495 e. The van der Waals surface area contributed by atoms with Crippen LogP contribution in [0.15, 0.2) is 59.5 Å². The SMILES string of the molecule is COc1cn(C(CC2CCCOC2)C(=O)Cc2ccc(C(=O)OC(C)(C)C)cc2)c(=O)cc1-c1cc(Cl)ccc1C#N. The van der Waals surface area contributed by atoms with E-state index >= 15 is 0 Å². The van der Waals surface area contributed by atoms with E-state index in [1.807, 2.05) is 0 Å². The van der Waals surface area contributed by atoms with Crippen LogP contribution in [0.25, 0.3) is 11.1 Å². The monoisotopic (exact) mass is 590 g/mol. The number of carbonyl (C=O) groups is 2. The van der Waals surface area contributed by atoms with Crippen molar-refractivity contribution in [1.29, 1.82) is 5.26 Å². The van der Waals surface area contributed by atoms with Gasteiger partial charge in [0.15, 0.2) is 5.78 Å². The highest BCUT2D eigenvalue weighted by molar-refractivity contribution is 6.31. The predicted octanol–water partition coefficient (Wildman–Crippen LogP) is 6.17. The Morgan fingerprint density at radius 2 is 1.88 bits per heavy atom. The number of ketones is 1. The maximum absolute atomic E-state index is 13.9. The molecule has 9 heteroatoms. The highest BCUT2D eigenvalue weighted by atomic mass is 35.5. The van der Waals surface area contributed by atoms with Crippen molar-refractivity contribution in [2.75, 3.05) is 20.3 Å². The number of methoxy groups -OCH3 is 1. The average Bonchev–Trinajstić information content (AvgIpc) is 2.96. The number of halogens is 1. The maximum atomic E-state index is 13.9. The fourth-order valence-corrected chi connectivity index (χ4v) is 5.28. The molecule has 8 nitrogen and oxygen atoms in total. The van der Waals surface area contributed by atoms with E-state index in [0.29, 0.717) is 58.2 Å². The van der Waals surface area contributed by atoms with E-state index in [1.165, 1.54) is 23.9 Å². The Balaban J connectivity index is 1.67. The second kappa shape index (κ2) is 13.4. The van der Waals surface area contributed by atoms with Crippen molar-refractivity contribution in [1.82, 2.24) is 4.57 Å². The molecule has 0 bridgehead atoms. The summed E-state index contributed by atoms with van der Waals surface area (Å²) in [4.78, 5) is 39.9. The molecule has 1 saturated heterocycles. The van der Waals surface area contributed by atoms with Gasteiger partial charge in [-0.3, -0.25) is 9.59 Å². The highest BCUT2D eigenvalue weighted by Gasteiger charge is 2.28. The Bertz CT molecular complexity index is 1540. The van der Waals surface area contributed by atoms with Gasteiger partial charge in [0.05, 0.1) is 36.5 Å². The van der Waals surface area contributed by atoms with Gasteiger partial charge in [-0.15, -0.1) is 0 Å². The van der Waals surface area contributed by atoms with Gasteiger partial charge in [-0.2, -0.15) is 5.26 Å². The van der Waals surface area contributed by atoms with Gasteiger partial charge in [-0.25, -0.2) is 4.79 Å². The number of rotatable bonds is 9. The van der Waals surface area contributed by atoms with Gasteiger partial charge < -0.3 is 18.8 Å². The van der Waals surface area contributed by atoms with Crippen LogP contribution in [0.4, 0.5) is 0 Å². The Labute approximate surface area is 250 Å². The van der Waals surface area contributed by atoms with Crippen LogP contribution in [0.5, 0.6) is 5.75 Å². The first-order chi connectivity index (χ1) is 20.0. The summed E-state index contributed by atoms with van der Waals surface area (Å²) in [6, 6.07) is 14.3. The quantitative estimate of drug-likeness (QED) is 0.274. The van der Waals surface area contributed by atoms with E-state index in [2.05, 4.69) is 6.07 Å². The number of aromatic nitrogens is 1. The van der Waals surface area contributed by atoms with E-state index in [9.17, 15) is 19.6 Å². The van der Waals surface area contributed by atoms with Crippen LogP contribution >= 0.6 is 11.6 Å². The molecule has 0 aliphatic carbocycles. The molecule has 0 amide bonds. The molecule has 2 aromatic carbocycles. The summed E-state index contributed by atoms with van der Waals surface area (Å²) in [5, 5.41) is 10.1. The molecule has 1 aromatic heterocycles. The minimum Gasteiger partial charge on any atom is -0.495 e. The molecule has 1 aliphatic heterocycles. The number of pyridine rings is 1. The zero-order valence-electron chi connectivity index (χ0n) is 24.3. The van der Waals surface area contributed by atoms with Crippen LogP contribution in [0.2, 0.25) is 5.02 Å². The van der Waals surface area contributed by atoms with Crippen molar-refractivity contribution < 1.29 is 23.8 Å². The topological polar surface area (TPSA) is 108 Å². The van der Waals surface area contributed by atoms with Crippen molar-refractivity contribution in [3.8, 4) is 22.9 Å². The fourth-order valence-electron chi connectivity index (χ4n) is 5.11. The maximum Gasteiger partial charge on any atom is 0.338 e. The lowest BCUT2D eigenvalue weighted by Crippen LogP contribution is -2.33. The first-order valence-corrected chi connectivity index (χ1v) is 14.3. The van der Waals surface area contributed by atoms with Crippen LogP contribution < -0.4 is 10.3 Å². The molecule has 2 unspecified atom stereocenters. The summed E-state index contributed by atoms with van der Waals surface area (Å²) in [6.07, 6.45) is 3.82. The van der Waals surface area contributed by atoms with Crippen LogP contribution in [-0.4, -0.2) is 42.2 Å². The third-order valence-corrected chi connectivity index (χ3v) is 7.38. The summed E-state index contributed by atoms with van der Waals surface area (Å²) in [5.74, 6) is -0.137. The van der Waals surface area contributed by atoms with Gasteiger partial charge in [0, 0.05) is 41.9 Å². The number of esters is 1. The van der Waals surface area contributed by atoms with E-state index in [4.69, 9.17) is 25.8 Å². The lowest BCUT2D eigenvalue weighted by Gasteiger charge is -2.28. The number of hydrogen-bond acceptors (Lipinski definition) is 7. The summed E-state index contributed by atoms with van der Waals surface area (Å²) >= 11 is 6.21. The number of nitriles is 1. The number of hydrogen-bond donors (Lipinski definition) is 0. The lowest BCUT2D eigenvalue weighted by atomic mass is 9.90. The third kappa shape index (κ3) is 7.67.